The molecule has 0 aliphatic carbocycles. The van der Waals surface area contributed by atoms with Crippen LogP contribution in [0.15, 0.2) is 115 Å². The first-order valence-electron chi connectivity index (χ1n) is 14.2. The zero-order valence-corrected chi connectivity index (χ0v) is 25.3. The number of amides is 2. The summed E-state index contributed by atoms with van der Waals surface area (Å²) in [5.41, 5.74) is 3.60. The fraction of sp³-hybridized carbons (Fsp3) is 0.229. The first-order chi connectivity index (χ1) is 20.9. The Kier molecular flexibility index (Phi) is 12.3. The van der Waals surface area contributed by atoms with Crippen LogP contribution in [0.1, 0.15) is 23.1 Å². The molecule has 4 aromatic rings. The molecular formula is C35H35ClN2O4S. The van der Waals surface area contributed by atoms with Gasteiger partial charge >= 0.3 is 5.97 Å². The second-order valence-electron chi connectivity index (χ2n) is 10.4. The van der Waals surface area contributed by atoms with Crippen LogP contribution >= 0.6 is 23.4 Å². The molecule has 0 saturated heterocycles. The van der Waals surface area contributed by atoms with Crippen LogP contribution in [0, 0.1) is 11.8 Å². The Morgan fingerprint density at radius 2 is 1.16 bits per heavy atom. The molecule has 8 heteroatoms. The van der Waals surface area contributed by atoms with Gasteiger partial charge in [-0.05, 0) is 60.2 Å². The molecule has 222 valence electrons. The Balaban J connectivity index is 1.53. The molecule has 2 amide bonds. The zero-order valence-electron chi connectivity index (χ0n) is 23.7. The molecule has 0 bridgehead atoms. The third-order valence-electron chi connectivity index (χ3n) is 7.08. The summed E-state index contributed by atoms with van der Waals surface area (Å²) >= 11 is 7.48. The number of carbonyl (C=O) groups excluding carboxylic acids is 2. The van der Waals surface area contributed by atoms with Gasteiger partial charge in [0.1, 0.15) is 6.04 Å². The van der Waals surface area contributed by atoms with Gasteiger partial charge in [0.2, 0.25) is 11.8 Å². The number of nitrogens with one attached hydrogen (secondary N) is 2. The van der Waals surface area contributed by atoms with E-state index in [9.17, 15) is 19.5 Å². The fourth-order valence-corrected chi connectivity index (χ4v) is 5.95. The van der Waals surface area contributed by atoms with Crippen molar-refractivity contribution < 1.29 is 19.5 Å². The van der Waals surface area contributed by atoms with Gasteiger partial charge in [0.25, 0.3) is 0 Å². The highest BCUT2D eigenvalue weighted by molar-refractivity contribution is 7.98. The number of carboxylic acids is 1. The van der Waals surface area contributed by atoms with Gasteiger partial charge in [0.05, 0.1) is 0 Å². The summed E-state index contributed by atoms with van der Waals surface area (Å²) in [5.74, 6) is -2.01. The number of carboxylic acid groups (broad SMARTS) is 1. The lowest BCUT2D eigenvalue weighted by Gasteiger charge is -2.25. The maximum Gasteiger partial charge on any atom is 0.327 e. The molecule has 0 spiro atoms. The molecule has 0 saturated carbocycles. The molecule has 3 atom stereocenters. The van der Waals surface area contributed by atoms with Gasteiger partial charge < -0.3 is 15.7 Å². The predicted octanol–water partition coefficient (Wildman–Crippen LogP) is 6.89. The number of thioether (sulfide) groups is 1. The largest absolute Gasteiger partial charge is 0.480 e. The monoisotopic (exact) mass is 614 g/mol. The van der Waals surface area contributed by atoms with E-state index in [1.807, 2.05) is 91.0 Å². The lowest BCUT2D eigenvalue weighted by Crippen LogP contribution is -2.46. The van der Waals surface area contributed by atoms with Crippen molar-refractivity contribution in [1.29, 1.82) is 0 Å². The van der Waals surface area contributed by atoms with Gasteiger partial charge in [-0.25, -0.2) is 4.79 Å². The van der Waals surface area contributed by atoms with Gasteiger partial charge in [0, 0.05) is 34.1 Å². The molecule has 43 heavy (non-hydrogen) atoms. The molecule has 0 radical (unpaired) electrons. The molecule has 0 aliphatic heterocycles. The topological polar surface area (TPSA) is 95.5 Å². The van der Waals surface area contributed by atoms with Gasteiger partial charge in [-0.3, -0.25) is 9.59 Å². The van der Waals surface area contributed by atoms with E-state index in [-0.39, 0.29) is 24.0 Å². The van der Waals surface area contributed by atoms with Crippen LogP contribution in [-0.4, -0.2) is 34.7 Å². The maximum absolute atomic E-state index is 13.8. The Bertz CT molecular complexity index is 1450. The molecular weight excluding hydrogens is 580 g/mol. The number of aliphatic carboxylic acids is 1. The fourth-order valence-electron chi connectivity index (χ4n) is 4.82. The summed E-state index contributed by atoms with van der Waals surface area (Å²) < 4.78 is 0. The van der Waals surface area contributed by atoms with Crippen molar-refractivity contribution in [3.8, 4) is 0 Å². The van der Waals surface area contributed by atoms with Crippen LogP contribution < -0.4 is 10.6 Å². The van der Waals surface area contributed by atoms with Crippen LogP contribution in [0.3, 0.4) is 0 Å². The summed E-state index contributed by atoms with van der Waals surface area (Å²) in [4.78, 5) is 39.6. The molecule has 4 rings (SSSR count). The predicted molar refractivity (Wildman–Crippen MR) is 174 cm³/mol. The first kappa shape index (κ1) is 31.9. The summed E-state index contributed by atoms with van der Waals surface area (Å²) in [6.45, 7) is 0. The standard InChI is InChI=1S/C35H35ClN2O4S/c36-30-16-18-31(19-17-30)37-33(39)28(20-25-10-4-1-5-11-25)22-29(21-26-12-6-2-7-13-26)34(40)38-32(35(41)42)24-43-23-27-14-8-3-9-15-27/h1-19,28-29,32H,20-24H2,(H,37,39)(H,38,40)(H,41,42)/t28?,29?,32-/m0/s1. The van der Waals surface area contributed by atoms with E-state index < -0.39 is 23.8 Å². The minimum absolute atomic E-state index is 0.217. The lowest BCUT2D eigenvalue weighted by molar-refractivity contribution is -0.142. The van der Waals surface area contributed by atoms with Crippen molar-refractivity contribution in [3.05, 3.63) is 137 Å². The zero-order chi connectivity index (χ0) is 30.4. The van der Waals surface area contributed by atoms with Crippen LogP contribution in [-0.2, 0) is 33.0 Å². The Labute approximate surface area is 261 Å². The highest BCUT2D eigenvalue weighted by Crippen LogP contribution is 2.25. The quantitative estimate of drug-likeness (QED) is 0.136. The number of anilines is 1. The van der Waals surface area contributed by atoms with E-state index in [1.54, 1.807) is 24.3 Å². The Morgan fingerprint density at radius 3 is 1.67 bits per heavy atom. The Hall–Kier alpha value is -4.07. The highest BCUT2D eigenvalue weighted by Gasteiger charge is 2.31. The van der Waals surface area contributed by atoms with Gasteiger partial charge in [-0.15, -0.1) is 0 Å². The molecule has 2 unspecified atom stereocenters. The van der Waals surface area contributed by atoms with Crippen LogP contribution in [0.25, 0.3) is 0 Å². The van der Waals surface area contributed by atoms with E-state index in [0.717, 1.165) is 16.7 Å². The molecule has 0 aliphatic rings. The van der Waals surface area contributed by atoms with E-state index >= 15 is 0 Å². The summed E-state index contributed by atoms with van der Waals surface area (Å²) in [6.07, 6.45) is 1.03. The van der Waals surface area contributed by atoms with E-state index in [4.69, 9.17) is 11.6 Å². The number of benzene rings is 4. The van der Waals surface area contributed by atoms with E-state index in [0.29, 0.717) is 29.3 Å². The minimum Gasteiger partial charge on any atom is -0.480 e. The van der Waals surface area contributed by atoms with Crippen molar-refractivity contribution in [3.63, 3.8) is 0 Å². The van der Waals surface area contributed by atoms with Crippen molar-refractivity contribution in [2.75, 3.05) is 11.1 Å². The lowest BCUT2D eigenvalue weighted by atomic mass is 9.84. The third-order valence-corrected chi connectivity index (χ3v) is 8.44. The van der Waals surface area contributed by atoms with E-state index in [2.05, 4.69) is 10.6 Å². The van der Waals surface area contributed by atoms with Crippen molar-refractivity contribution in [1.82, 2.24) is 5.32 Å². The van der Waals surface area contributed by atoms with Crippen molar-refractivity contribution in [2.45, 2.75) is 31.1 Å². The molecule has 6 nitrogen and oxygen atoms in total. The van der Waals surface area contributed by atoms with Crippen LogP contribution in [0.4, 0.5) is 5.69 Å². The number of rotatable bonds is 15. The van der Waals surface area contributed by atoms with Crippen LogP contribution in [0.2, 0.25) is 5.02 Å². The normalized spacial score (nSPS) is 13.0. The van der Waals surface area contributed by atoms with Gasteiger partial charge in [-0.2, -0.15) is 11.8 Å². The Morgan fingerprint density at radius 1 is 0.674 bits per heavy atom. The molecule has 0 aromatic heterocycles. The molecule has 0 heterocycles. The summed E-state index contributed by atoms with van der Waals surface area (Å²) in [7, 11) is 0. The van der Waals surface area contributed by atoms with Gasteiger partial charge in [-0.1, -0.05) is 103 Å². The molecule has 3 N–H and O–H groups in total. The van der Waals surface area contributed by atoms with E-state index in [1.165, 1.54) is 11.8 Å². The van der Waals surface area contributed by atoms with Crippen molar-refractivity contribution >= 4 is 46.8 Å². The third kappa shape index (κ3) is 10.6. The average molecular weight is 615 g/mol. The number of halogens is 1. The SMILES string of the molecule is O=C(Nc1ccc(Cl)cc1)C(Cc1ccccc1)CC(Cc1ccccc1)C(=O)N[C@@H](CSCc1ccccc1)C(=O)O. The highest BCUT2D eigenvalue weighted by atomic mass is 35.5. The van der Waals surface area contributed by atoms with Gasteiger partial charge in [0.15, 0.2) is 0 Å². The van der Waals surface area contributed by atoms with Crippen molar-refractivity contribution in [2.24, 2.45) is 11.8 Å². The smallest absolute Gasteiger partial charge is 0.327 e. The molecule has 4 aromatic carbocycles. The average Bonchev–Trinajstić information content (AvgIpc) is 3.02. The second-order valence-corrected chi connectivity index (χ2v) is 11.9. The summed E-state index contributed by atoms with van der Waals surface area (Å²) in [6, 6.07) is 34.9. The summed E-state index contributed by atoms with van der Waals surface area (Å²) in [5, 5.41) is 16.3. The maximum atomic E-state index is 13.8. The number of hydrogen-bond acceptors (Lipinski definition) is 4. The second kappa shape index (κ2) is 16.5. The number of carbonyl (C=O) groups is 3. The van der Waals surface area contributed by atoms with Crippen LogP contribution in [0.5, 0.6) is 0 Å². The first-order valence-corrected chi connectivity index (χ1v) is 15.7. The minimum atomic E-state index is -1.09. The molecule has 0 fully saturated rings. The number of hydrogen-bond donors (Lipinski definition) is 3.